The number of hydrogen-bond donors (Lipinski definition) is 3. The molecule has 56 heavy (non-hydrogen) atoms. The maximum atomic E-state index is 14.8. The zero-order valence-corrected chi connectivity index (χ0v) is 33.5. The lowest BCUT2D eigenvalue weighted by Crippen LogP contribution is -2.67. The van der Waals surface area contributed by atoms with Crippen molar-refractivity contribution in [1.82, 2.24) is 4.90 Å². The van der Waals surface area contributed by atoms with Gasteiger partial charge in [0.1, 0.15) is 5.75 Å². The lowest BCUT2D eigenvalue weighted by Gasteiger charge is -2.71. The number of methoxy groups -OCH3 is 1. The molecule has 2 amide bonds. The molecule has 4 bridgehead atoms. The second-order valence-electron chi connectivity index (χ2n) is 20.0. The van der Waals surface area contributed by atoms with E-state index in [9.17, 15) is 28.6 Å². The second-order valence-corrected chi connectivity index (χ2v) is 20.0. The average molecular weight is 769 g/mol. The summed E-state index contributed by atoms with van der Waals surface area (Å²) < 4.78 is 34.2. The number of carbonyl (C=O) groups is 2. The molecule has 3 N–H and O–H groups in total. The summed E-state index contributed by atoms with van der Waals surface area (Å²) in [5.41, 5.74) is -1.89. The van der Waals surface area contributed by atoms with Gasteiger partial charge in [-0.05, 0) is 147 Å². The molecule has 9 aliphatic carbocycles. The number of nitrogens with one attached hydrogen (secondary N) is 1. The normalized spacial score (nSPS) is 41.1. The molecule has 7 nitrogen and oxygen atoms in total. The number of rotatable bonds is 8. The molecule has 11 atom stereocenters. The van der Waals surface area contributed by atoms with E-state index in [1.165, 1.54) is 12.5 Å². The zero-order chi connectivity index (χ0) is 39.6. The van der Waals surface area contributed by atoms with Gasteiger partial charge in [0.2, 0.25) is 0 Å². The van der Waals surface area contributed by atoms with E-state index < -0.39 is 39.6 Å². The number of carbonyl (C=O) groups excluding carboxylic acids is 2. The Balaban J connectivity index is 1.09. The molecule has 11 rings (SSSR count). The summed E-state index contributed by atoms with van der Waals surface area (Å²) >= 11 is 0. The Kier molecular flexibility index (Phi) is 8.63. The van der Waals surface area contributed by atoms with Crippen LogP contribution in [0.5, 0.6) is 5.75 Å². The number of aliphatic hydroxyl groups is 2. The van der Waals surface area contributed by atoms with Crippen LogP contribution in [0.15, 0.2) is 66.3 Å². The largest absolute Gasteiger partial charge is 0.497 e. The van der Waals surface area contributed by atoms with Crippen molar-refractivity contribution in [1.29, 1.82) is 0 Å². The highest BCUT2D eigenvalue weighted by Gasteiger charge is 2.74. The van der Waals surface area contributed by atoms with E-state index in [1.54, 1.807) is 7.11 Å². The van der Waals surface area contributed by atoms with Crippen LogP contribution in [0.4, 0.5) is 19.3 Å². The van der Waals surface area contributed by atoms with Gasteiger partial charge in [-0.15, -0.1) is 0 Å². The SMILES string of the molecule is COc1ccc(NC(=O)N(CC2CCC3CC2C3(C)C)CC2(O)CCC3C45C=CC6(C=C4C(=O)c4ccc(F)c(F)c4)CC(O)CCC6(C)C5CCC32C)cc1. The maximum Gasteiger partial charge on any atom is 0.321 e. The van der Waals surface area contributed by atoms with E-state index in [4.69, 9.17) is 4.74 Å². The van der Waals surface area contributed by atoms with Crippen LogP contribution >= 0.6 is 0 Å². The van der Waals surface area contributed by atoms with Crippen molar-refractivity contribution < 1.29 is 33.3 Å². The first-order valence-electron chi connectivity index (χ1n) is 21.0. The zero-order valence-electron chi connectivity index (χ0n) is 33.5. The summed E-state index contributed by atoms with van der Waals surface area (Å²) in [7, 11) is 1.61. The molecular formula is C47H58F2N2O5. The third kappa shape index (κ3) is 5.17. The van der Waals surface area contributed by atoms with Gasteiger partial charge in [-0.25, -0.2) is 13.6 Å². The van der Waals surface area contributed by atoms with Crippen molar-refractivity contribution >= 4 is 17.5 Å². The Morgan fingerprint density at radius 3 is 2.30 bits per heavy atom. The monoisotopic (exact) mass is 768 g/mol. The minimum atomic E-state index is -1.25. The Morgan fingerprint density at radius 1 is 0.893 bits per heavy atom. The number of ether oxygens (including phenoxy) is 1. The first-order chi connectivity index (χ1) is 26.5. The van der Waals surface area contributed by atoms with Crippen molar-refractivity contribution in [3.05, 3.63) is 83.5 Å². The van der Waals surface area contributed by atoms with Gasteiger partial charge in [-0.3, -0.25) is 4.79 Å². The fourth-order valence-electron chi connectivity index (χ4n) is 14.3. The number of benzene rings is 2. The van der Waals surface area contributed by atoms with E-state index in [0.29, 0.717) is 61.1 Å². The molecule has 0 saturated heterocycles. The van der Waals surface area contributed by atoms with Gasteiger partial charge >= 0.3 is 6.03 Å². The molecular weight excluding hydrogens is 711 g/mol. The molecule has 2 aromatic rings. The molecule has 6 fully saturated rings. The minimum absolute atomic E-state index is 0.0488. The standard InChI is InChI=1S/C47H58F2N2O5/c1-42(2)30-8-6-29(34(42)23-30)26-51(41(54)50-31-9-11-33(56-5)12-10-31)27-46(55)19-16-39-44(46,4)18-15-38-43(3)17-14-32(52)24-45(43)20-21-47(38,39)35(25-45)40(53)28-7-13-36(48)37(49)22-28/h7,9-13,20-22,25,29-30,32,34,38-39,52,55H,6,8,14-19,23-24,26-27H2,1-5H3,(H,50,54). The molecule has 11 unspecified atom stereocenters. The van der Waals surface area contributed by atoms with E-state index >= 15 is 0 Å². The van der Waals surface area contributed by atoms with E-state index in [1.807, 2.05) is 29.2 Å². The summed E-state index contributed by atoms with van der Waals surface area (Å²) in [4.78, 5) is 31.2. The van der Waals surface area contributed by atoms with Crippen LogP contribution in [0.2, 0.25) is 0 Å². The van der Waals surface area contributed by atoms with Crippen LogP contribution in [0, 0.1) is 68.3 Å². The lowest BCUT2D eigenvalue weighted by atomic mass is 9.32. The third-order valence-corrected chi connectivity index (χ3v) is 17.7. The van der Waals surface area contributed by atoms with E-state index in [0.717, 1.165) is 50.2 Å². The highest BCUT2D eigenvalue weighted by Crippen LogP contribution is 2.78. The molecule has 9 heteroatoms. The summed E-state index contributed by atoms with van der Waals surface area (Å²) in [6.45, 7) is 9.95. The van der Waals surface area contributed by atoms with E-state index in [-0.39, 0.29) is 46.6 Å². The van der Waals surface area contributed by atoms with Gasteiger partial charge in [0.25, 0.3) is 0 Å². The van der Waals surface area contributed by atoms with Crippen LogP contribution < -0.4 is 10.1 Å². The predicted octanol–water partition coefficient (Wildman–Crippen LogP) is 9.35. The maximum absolute atomic E-state index is 14.8. The van der Waals surface area contributed by atoms with E-state index in [2.05, 4.69) is 51.2 Å². The van der Waals surface area contributed by atoms with Crippen LogP contribution in [0.1, 0.15) is 102 Å². The van der Waals surface area contributed by atoms with Gasteiger partial charge in [0.15, 0.2) is 17.4 Å². The number of fused-ring (bicyclic) bond motifs is 3. The van der Waals surface area contributed by atoms with Gasteiger partial charge in [-0.2, -0.15) is 0 Å². The number of aliphatic hydroxyl groups excluding tert-OH is 1. The Labute approximate surface area is 330 Å². The lowest BCUT2D eigenvalue weighted by molar-refractivity contribution is -0.176. The topological polar surface area (TPSA) is 99.1 Å². The highest BCUT2D eigenvalue weighted by atomic mass is 19.2. The Bertz CT molecular complexity index is 2010. The molecule has 6 saturated carbocycles. The Hall–Kier alpha value is -3.56. The van der Waals surface area contributed by atoms with Gasteiger partial charge in [0.05, 0.1) is 25.4 Å². The van der Waals surface area contributed by atoms with Gasteiger partial charge in [-0.1, -0.05) is 45.9 Å². The molecule has 2 aromatic carbocycles. The van der Waals surface area contributed by atoms with Crippen molar-refractivity contribution in [2.45, 2.75) is 104 Å². The molecule has 0 aliphatic heterocycles. The highest BCUT2D eigenvalue weighted by molar-refractivity contribution is 6.10. The molecule has 0 aromatic heterocycles. The van der Waals surface area contributed by atoms with Crippen molar-refractivity contribution in [2.75, 3.05) is 25.5 Å². The van der Waals surface area contributed by atoms with Crippen molar-refractivity contribution in [2.24, 2.45) is 56.7 Å². The van der Waals surface area contributed by atoms with Crippen LogP contribution in [-0.4, -0.2) is 58.8 Å². The quantitative estimate of drug-likeness (QED) is 0.184. The second kappa shape index (κ2) is 12.7. The Morgan fingerprint density at radius 2 is 1.61 bits per heavy atom. The fraction of sp³-hybridized carbons (Fsp3) is 0.617. The number of urea groups is 1. The number of allylic oxidation sites excluding steroid dienone is 4. The minimum Gasteiger partial charge on any atom is -0.497 e. The number of amides is 2. The number of ketones is 1. The third-order valence-electron chi connectivity index (χ3n) is 17.7. The number of Topliss-reactive ketones (excluding diaryl/α,β-unsaturated/α-hetero) is 1. The molecule has 0 radical (unpaired) electrons. The summed E-state index contributed by atoms with van der Waals surface area (Å²) in [6.07, 6.45) is 14.0. The van der Waals surface area contributed by atoms with Gasteiger partial charge < -0.3 is 25.2 Å². The molecule has 9 aliphatic rings. The number of anilines is 1. The van der Waals surface area contributed by atoms with Crippen LogP contribution in [0.3, 0.4) is 0 Å². The number of nitrogens with zero attached hydrogens (tertiary/aromatic N) is 1. The average Bonchev–Trinajstić information content (AvgIpc) is 3.45. The number of halogens is 2. The first kappa shape index (κ1) is 38.0. The van der Waals surface area contributed by atoms with Crippen LogP contribution in [-0.2, 0) is 0 Å². The molecule has 300 valence electrons. The molecule has 0 heterocycles. The summed E-state index contributed by atoms with van der Waals surface area (Å²) in [6, 6.07) is 10.5. The number of hydrogen-bond acceptors (Lipinski definition) is 5. The fourth-order valence-corrected chi connectivity index (χ4v) is 14.3. The van der Waals surface area contributed by atoms with Crippen molar-refractivity contribution in [3.63, 3.8) is 0 Å². The summed E-state index contributed by atoms with van der Waals surface area (Å²) in [5.74, 6) is -0.208. The molecule has 2 spiro atoms. The van der Waals surface area contributed by atoms with Crippen LogP contribution in [0.25, 0.3) is 0 Å². The predicted molar refractivity (Wildman–Crippen MR) is 211 cm³/mol. The van der Waals surface area contributed by atoms with Gasteiger partial charge in [0, 0.05) is 39.6 Å². The smallest absolute Gasteiger partial charge is 0.321 e. The summed E-state index contributed by atoms with van der Waals surface area (Å²) in [5, 5.41) is 27.4. The first-order valence-corrected chi connectivity index (χ1v) is 21.0. The van der Waals surface area contributed by atoms with Crippen molar-refractivity contribution in [3.8, 4) is 5.75 Å².